The molecule has 0 bridgehead atoms. The van der Waals surface area contributed by atoms with Crippen LogP contribution in [0.3, 0.4) is 0 Å². The first-order valence-corrected chi connectivity index (χ1v) is 6.34. The van der Waals surface area contributed by atoms with E-state index >= 15 is 0 Å². The van der Waals surface area contributed by atoms with E-state index in [1.54, 1.807) is 31.4 Å². The normalized spacial score (nSPS) is 10.1. The molecule has 1 heterocycles. The fourth-order valence-electron chi connectivity index (χ4n) is 1.98. The van der Waals surface area contributed by atoms with E-state index in [0.29, 0.717) is 17.8 Å². The molecule has 1 aromatic carbocycles. The standard InChI is InChI=1S/C15H18N4O/c1-17-15(20)11-6-7-13(16)14(9-11)19(2)10-12-5-3-4-8-18-12/h3-9H,10,16H2,1-2H3,(H,17,20). The molecule has 2 aromatic rings. The molecule has 0 aliphatic rings. The Balaban J connectivity index is 2.25. The van der Waals surface area contributed by atoms with Gasteiger partial charge in [0.25, 0.3) is 5.91 Å². The van der Waals surface area contributed by atoms with Crippen molar-refractivity contribution in [3.05, 3.63) is 53.9 Å². The molecule has 5 heteroatoms. The molecule has 0 aliphatic carbocycles. The lowest BCUT2D eigenvalue weighted by Gasteiger charge is -2.21. The van der Waals surface area contributed by atoms with Gasteiger partial charge >= 0.3 is 0 Å². The molecule has 0 saturated heterocycles. The minimum Gasteiger partial charge on any atom is -0.397 e. The lowest BCUT2D eigenvalue weighted by Crippen LogP contribution is -2.21. The van der Waals surface area contributed by atoms with Crippen LogP contribution < -0.4 is 16.0 Å². The molecule has 1 amide bonds. The average molecular weight is 270 g/mol. The highest BCUT2D eigenvalue weighted by Gasteiger charge is 2.11. The summed E-state index contributed by atoms with van der Waals surface area (Å²) in [6.45, 7) is 0.627. The zero-order chi connectivity index (χ0) is 14.5. The van der Waals surface area contributed by atoms with E-state index < -0.39 is 0 Å². The predicted molar refractivity (Wildman–Crippen MR) is 80.6 cm³/mol. The summed E-state index contributed by atoms with van der Waals surface area (Å²) >= 11 is 0. The minimum absolute atomic E-state index is 0.127. The highest BCUT2D eigenvalue weighted by atomic mass is 16.1. The van der Waals surface area contributed by atoms with Gasteiger partial charge < -0.3 is 16.0 Å². The number of nitrogens with two attached hydrogens (primary N) is 1. The van der Waals surface area contributed by atoms with Gasteiger partial charge in [0.05, 0.1) is 23.6 Å². The third kappa shape index (κ3) is 3.06. The van der Waals surface area contributed by atoms with Crippen LogP contribution in [0.2, 0.25) is 0 Å². The quantitative estimate of drug-likeness (QED) is 0.829. The van der Waals surface area contributed by atoms with E-state index in [4.69, 9.17) is 5.73 Å². The number of rotatable bonds is 4. The second kappa shape index (κ2) is 6.06. The molecule has 0 unspecified atom stereocenters. The van der Waals surface area contributed by atoms with Crippen molar-refractivity contribution in [2.24, 2.45) is 0 Å². The Hall–Kier alpha value is -2.56. The van der Waals surface area contributed by atoms with Crippen LogP contribution in [0.5, 0.6) is 0 Å². The van der Waals surface area contributed by atoms with Crippen molar-refractivity contribution in [2.45, 2.75) is 6.54 Å². The Morgan fingerprint density at radius 3 is 2.80 bits per heavy atom. The van der Waals surface area contributed by atoms with Crippen LogP contribution in [-0.2, 0) is 6.54 Å². The van der Waals surface area contributed by atoms with Crippen molar-refractivity contribution in [2.75, 3.05) is 24.7 Å². The highest BCUT2D eigenvalue weighted by Crippen LogP contribution is 2.24. The Labute approximate surface area is 118 Å². The molecule has 0 saturated carbocycles. The Morgan fingerprint density at radius 2 is 2.15 bits per heavy atom. The predicted octanol–water partition coefficient (Wildman–Crippen LogP) is 1.66. The maximum absolute atomic E-state index is 11.7. The summed E-state index contributed by atoms with van der Waals surface area (Å²) < 4.78 is 0. The molecule has 20 heavy (non-hydrogen) atoms. The Kier molecular flexibility index (Phi) is 4.20. The number of nitrogen functional groups attached to an aromatic ring is 1. The van der Waals surface area contributed by atoms with Gasteiger partial charge in [-0.3, -0.25) is 9.78 Å². The van der Waals surface area contributed by atoms with Gasteiger partial charge in [-0.05, 0) is 30.3 Å². The first kappa shape index (κ1) is 13.9. The van der Waals surface area contributed by atoms with Crippen LogP contribution in [0, 0.1) is 0 Å². The van der Waals surface area contributed by atoms with Gasteiger partial charge in [-0.25, -0.2) is 0 Å². The minimum atomic E-state index is -0.127. The molecule has 0 spiro atoms. The lowest BCUT2D eigenvalue weighted by molar-refractivity contribution is 0.0963. The topological polar surface area (TPSA) is 71.2 Å². The zero-order valence-electron chi connectivity index (χ0n) is 11.6. The van der Waals surface area contributed by atoms with Gasteiger partial charge in [0.2, 0.25) is 0 Å². The van der Waals surface area contributed by atoms with Gasteiger partial charge in [0, 0.05) is 25.9 Å². The number of amides is 1. The van der Waals surface area contributed by atoms with Crippen LogP contribution in [0.1, 0.15) is 16.1 Å². The Bertz CT molecular complexity index is 598. The summed E-state index contributed by atoms with van der Waals surface area (Å²) in [6.07, 6.45) is 1.76. The highest BCUT2D eigenvalue weighted by molar-refractivity contribution is 5.96. The second-order valence-electron chi connectivity index (χ2n) is 4.53. The van der Waals surface area contributed by atoms with Crippen molar-refractivity contribution >= 4 is 17.3 Å². The molecular formula is C15H18N4O. The number of anilines is 2. The molecule has 104 valence electrons. The fraction of sp³-hybridized carbons (Fsp3) is 0.200. The zero-order valence-corrected chi connectivity index (χ0v) is 11.6. The lowest BCUT2D eigenvalue weighted by atomic mass is 10.1. The van der Waals surface area contributed by atoms with Crippen LogP contribution in [-0.4, -0.2) is 25.0 Å². The van der Waals surface area contributed by atoms with Crippen LogP contribution in [0.15, 0.2) is 42.6 Å². The van der Waals surface area contributed by atoms with E-state index in [9.17, 15) is 4.79 Å². The van der Waals surface area contributed by atoms with Crippen LogP contribution >= 0.6 is 0 Å². The van der Waals surface area contributed by atoms with Gasteiger partial charge in [-0.2, -0.15) is 0 Å². The maximum atomic E-state index is 11.7. The summed E-state index contributed by atoms with van der Waals surface area (Å²) in [6, 6.07) is 11.0. The summed E-state index contributed by atoms with van der Waals surface area (Å²) in [5.41, 5.74) is 8.98. The van der Waals surface area contributed by atoms with E-state index in [0.717, 1.165) is 11.4 Å². The first-order chi connectivity index (χ1) is 9.61. The van der Waals surface area contributed by atoms with Gasteiger partial charge in [-0.15, -0.1) is 0 Å². The van der Waals surface area contributed by atoms with Crippen LogP contribution in [0.4, 0.5) is 11.4 Å². The monoisotopic (exact) mass is 270 g/mol. The number of carbonyl (C=O) groups is 1. The molecule has 1 aromatic heterocycles. The third-order valence-corrected chi connectivity index (χ3v) is 3.06. The number of hydrogen-bond donors (Lipinski definition) is 2. The molecule has 5 nitrogen and oxygen atoms in total. The Morgan fingerprint density at radius 1 is 1.35 bits per heavy atom. The molecule has 3 N–H and O–H groups in total. The van der Waals surface area contributed by atoms with Gasteiger partial charge in [0.1, 0.15) is 0 Å². The second-order valence-corrected chi connectivity index (χ2v) is 4.53. The van der Waals surface area contributed by atoms with E-state index in [1.165, 1.54) is 0 Å². The number of pyridine rings is 1. The van der Waals surface area contributed by atoms with Crippen molar-refractivity contribution in [3.63, 3.8) is 0 Å². The molecule has 0 radical (unpaired) electrons. The fourth-order valence-corrected chi connectivity index (χ4v) is 1.98. The van der Waals surface area contributed by atoms with E-state index in [1.807, 2.05) is 30.1 Å². The van der Waals surface area contributed by atoms with Crippen molar-refractivity contribution in [1.82, 2.24) is 10.3 Å². The summed E-state index contributed by atoms with van der Waals surface area (Å²) in [5, 5.41) is 2.61. The van der Waals surface area contributed by atoms with E-state index in [2.05, 4.69) is 10.3 Å². The number of nitrogens with one attached hydrogen (secondary N) is 1. The summed E-state index contributed by atoms with van der Waals surface area (Å²) in [4.78, 5) is 17.9. The molecule has 0 fully saturated rings. The van der Waals surface area contributed by atoms with Gasteiger partial charge in [0.15, 0.2) is 0 Å². The number of aromatic nitrogens is 1. The maximum Gasteiger partial charge on any atom is 0.251 e. The van der Waals surface area contributed by atoms with Crippen molar-refractivity contribution in [1.29, 1.82) is 0 Å². The van der Waals surface area contributed by atoms with E-state index in [-0.39, 0.29) is 5.91 Å². The number of carbonyl (C=O) groups excluding carboxylic acids is 1. The molecule has 0 atom stereocenters. The third-order valence-electron chi connectivity index (χ3n) is 3.06. The number of nitrogens with zero attached hydrogens (tertiary/aromatic N) is 2. The number of benzene rings is 1. The van der Waals surface area contributed by atoms with Crippen LogP contribution in [0.25, 0.3) is 0 Å². The summed E-state index contributed by atoms with van der Waals surface area (Å²) in [7, 11) is 3.53. The number of hydrogen-bond acceptors (Lipinski definition) is 4. The molecule has 2 rings (SSSR count). The molecule has 0 aliphatic heterocycles. The smallest absolute Gasteiger partial charge is 0.251 e. The van der Waals surface area contributed by atoms with Gasteiger partial charge in [-0.1, -0.05) is 6.07 Å². The van der Waals surface area contributed by atoms with Crippen molar-refractivity contribution in [3.8, 4) is 0 Å². The largest absolute Gasteiger partial charge is 0.397 e. The first-order valence-electron chi connectivity index (χ1n) is 6.34. The SMILES string of the molecule is CNC(=O)c1ccc(N)c(N(C)Cc2ccccn2)c1. The van der Waals surface area contributed by atoms with Crippen molar-refractivity contribution < 1.29 is 4.79 Å². The summed E-state index contributed by atoms with van der Waals surface area (Å²) in [5.74, 6) is -0.127. The molecular weight excluding hydrogens is 252 g/mol. The average Bonchev–Trinajstić information content (AvgIpc) is 2.48.